The lowest BCUT2D eigenvalue weighted by Gasteiger charge is -2.25. The highest BCUT2D eigenvalue weighted by atomic mass is 127. The van der Waals surface area contributed by atoms with Gasteiger partial charge in [-0.2, -0.15) is 0 Å². The summed E-state index contributed by atoms with van der Waals surface area (Å²) in [7, 11) is 0. The van der Waals surface area contributed by atoms with Crippen molar-refractivity contribution in [3.05, 3.63) is 26.8 Å². The van der Waals surface area contributed by atoms with Crippen molar-refractivity contribution in [1.29, 1.82) is 0 Å². The van der Waals surface area contributed by atoms with Gasteiger partial charge in [0.25, 0.3) is 0 Å². The predicted octanol–water partition coefficient (Wildman–Crippen LogP) is 1.92. The van der Waals surface area contributed by atoms with Crippen molar-refractivity contribution in [3.8, 4) is 0 Å². The van der Waals surface area contributed by atoms with Crippen LogP contribution in [-0.4, -0.2) is 17.8 Å². The molecule has 1 aromatic carbocycles. The first-order chi connectivity index (χ1) is 7.99. The maximum atomic E-state index is 11.7. The Hall–Kier alpha value is -1.15. The Morgan fingerprint density at radius 1 is 1.29 bits per heavy atom. The molecule has 5 nitrogen and oxygen atoms in total. The molecule has 1 aliphatic rings. The summed E-state index contributed by atoms with van der Waals surface area (Å²) >= 11 is 7.98. The molecule has 0 aliphatic carbocycles. The number of anilines is 1. The Balaban J connectivity index is 2.45. The third-order valence-corrected chi connectivity index (χ3v) is 3.15. The first-order valence-electron chi connectivity index (χ1n) is 4.61. The average molecular weight is 365 g/mol. The lowest BCUT2D eigenvalue weighted by Crippen LogP contribution is -2.53. The van der Waals surface area contributed by atoms with Gasteiger partial charge in [0.2, 0.25) is 11.8 Å². The fraction of sp³-hybridized carbons (Fsp3) is 0.100. The molecule has 0 atom stereocenters. The van der Waals surface area contributed by atoms with Crippen molar-refractivity contribution in [2.75, 3.05) is 4.90 Å². The molecular weight excluding hydrogens is 358 g/mol. The number of rotatable bonds is 1. The molecule has 1 fully saturated rings. The van der Waals surface area contributed by atoms with E-state index in [1.807, 2.05) is 22.6 Å². The summed E-state index contributed by atoms with van der Waals surface area (Å²) in [5, 5.41) is 2.35. The van der Waals surface area contributed by atoms with E-state index in [2.05, 4.69) is 5.32 Å². The minimum atomic E-state index is -0.768. The number of imide groups is 2. The van der Waals surface area contributed by atoms with Crippen molar-refractivity contribution in [2.24, 2.45) is 0 Å². The zero-order valence-electron chi connectivity index (χ0n) is 8.37. The summed E-state index contributed by atoms with van der Waals surface area (Å²) in [6.07, 6.45) is -0.354. The van der Waals surface area contributed by atoms with Gasteiger partial charge in [0, 0.05) is 3.57 Å². The van der Waals surface area contributed by atoms with Gasteiger partial charge < -0.3 is 0 Å². The van der Waals surface area contributed by atoms with E-state index in [-0.39, 0.29) is 17.1 Å². The Labute approximate surface area is 115 Å². The Morgan fingerprint density at radius 2 is 2.00 bits per heavy atom. The number of benzene rings is 1. The molecule has 1 aromatic rings. The fourth-order valence-corrected chi connectivity index (χ4v) is 2.13. The van der Waals surface area contributed by atoms with Gasteiger partial charge in [-0.15, -0.1) is 0 Å². The quantitative estimate of drug-likeness (QED) is 0.611. The van der Waals surface area contributed by atoms with Crippen molar-refractivity contribution >= 4 is 57.7 Å². The van der Waals surface area contributed by atoms with E-state index in [4.69, 9.17) is 11.6 Å². The van der Waals surface area contributed by atoms with Crippen molar-refractivity contribution < 1.29 is 14.4 Å². The van der Waals surface area contributed by atoms with Crippen LogP contribution in [0.3, 0.4) is 0 Å². The number of carbonyl (C=O) groups excluding carboxylic acids is 3. The average Bonchev–Trinajstić information content (AvgIpc) is 2.21. The number of urea groups is 1. The molecule has 0 spiro atoms. The minimum Gasteiger partial charge on any atom is -0.277 e. The summed E-state index contributed by atoms with van der Waals surface area (Å²) in [6, 6.07) is 4.19. The molecule has 1 N–H and O–H groups in total. The van der Waals surface area contributed by atoms with E-state index in [1.165, 1.54) is 0 Å². The molecule has 0 bridgehead atoms. The maximum absolute atomic E-state index is 11.7. The van der Waals surface area contributed by atoms with Crippen LogP contribution in [0.2, 0.25) is 5.02 Å². The second kappa shape index (κ2) is 4.61. The van der Waals surface area contributed by atoms with Crippen LogP contribution in [0.5, 0.6) is 0 Å². The Kier molecular flexibility index (Phi) is 3.34. The predicted molar refractivity (Wildman–Crippen MR) is 69.8 cm³/mol. The standard InChI is InChI=1S/C10H6ClIN2O3/c11-6-2-1-5(12)3-7(6)14-9(16)4-8(15)13-10(14)17/h1-3H,4H2,(H,13,15,17). The van der Waals surface area contributed by atoms with Gasteiger partial charge >= 0.3 is 6.03 Å². The molecule has 0 saturated carbocycles. The lowest BCUT2D eigenvalue weighted by molar-refractivity contribution is -0.128. The van der Waals surface area contributed by atoms with Crippen LogP contribution >= 0.6 is 34.2 Å². The number of nitrogens with one attached hydrogen (secondary N) is 1. The van der Waals surface area contributed by atoms with E-state index < -0.39 is 17.8 Å². The molecule has 0 aromatic heterocycles. The Morgan fingerprint density at radius 3 is 2.65 bits per heavy atom. The molecule has 7 heteroatoms. The van der Waals surface area contributed by atoms with Crippen LogP contribution in [-0.2, 0) is 9.59 Å². The molecular formula is C10H6ClIN2O3. The third-order valence-electron chi connectivity index (χ3n) is 2.16. The van der Waals surface area contributed by atoms with Crippen LogP contribution in [0.25, 0.3) is 0 Å². The Bertz CT molecular complexity index is 512. The van der Waals surface area contributed by atoms with Gasteiger partial charge in [0.1, 0.15) is 6.42 Å². The molecule has 1 saturated heterocycles. The number of amides is 4. The summed E-state index contributed by atoms with van der Waals surface area (Å²) in [4.78, 5) is 35.1. The van der Waals surface area contributed by atoms with Crippen molar-refractivity contribution in [3.63, 3.8) is 0 Å². The van der Waals surface area contributed by atoms with E-state index >= 15 is 0 Å². The number of barbiturate groups is 1. The minimum absolute atomic E-state index is 0.281. The molecule has 17 heavy (non-hydrogen) atoms. The largest absolute Gasteiger partial charge is 0.335 e. The van der Waals surface area contributed by atoms with Gasteiger partial charge in [-0.1, -0.05) is 11.6 Å². The lowest BCUT2D eigenvalue weighted by atomic mass is 10.2. The molecule has 2 rings (SSSR count). The van der Waals surface area contributed by atoms with Gasteiger partial charge in [0.05, 0.1) is 10.7 Å². The zero-order chi connectivity index (χ0) is 12.6. The highest BCUT2D eigenvalue weighted by Gasteiger charge is 2.33. The summed E-state index contributed by atoms with van der Waals surface area (Å²) in [5.41, 5.74) is 0.286. The molecule has 4 amide bonds. The number of halogens is 2. The normalized spacial score (nSPS) is 16.1. The van der Waals surface area contributed by atoms with Gasteiger partial charge in [-0.25, -0.2) is 9.69 Å². The number of nitrogens with zero attached hydrogens (tertiary/aromatic N) is 1. The highest BCUT2D eigenvalue weighted by molar-refractivity contribution is 14.1. The smallest absolute Gasteiger partial charge is 0.277 e. The number of carbonyl (C=O) groups is 3. The van der Waals surface area contributed by atoms with Crippen LogP contribution < -0.4 is 10.2 Å². The highest BCUT2D eigenvalue weighted by Crippen LogP contribution is 2.29. The molecule has 0 radical (unpaired) electrons. The molecule has 1 aliphatic heterocycles. The van der Waals surface area contributed by atoms with E-state index in [0.717, 1.165) is 8.47 Å². The van der Waals surface area contributed by atoms with E-state index in [1.54, 1.807) is 18.2 Å². The van der Waals surface area contributed by atoms with Crippen LogP contribution in [0.15, 0.2) is 18.2 Å². The van der Waals surface area contributed by atoms with Crippen LogP contribution in [0.1, 0.15) is 6.42 Å². The SMILES string of the molecule is O=C1CC(=O)N(c2cc(I)ccc2Cl)C(=O)N1. The first-order valence-corrected chi connectivity index (χ1v) is 6.06. The van der Waals surface area contributed by atoms with E-state index in [9.17, 15) is 14.4 Å². The molecule has 88 valence electrons. The first kappa shape index (κ1) is 12.3. The van der Waals surface area contributed by atoms with Crippen LogP contribution in [0, 0.1) is 3.57 Å². The topological polar surface area (TPSA) is 66.5 Å². The fourth-order valence-electron chi connectivity index (χ4n) is 1.45. The van der Waals surface area contributed by atoms with E-state index in [0.29, 0.717) is 0 Å². The monoisotopic (exact) mass is 364 g/mol. The zero-order valence-corrected chi connectivity index (χ0v) is 11.3. The van der Waals surface area contributed by atoms with Crippen LogP contribution in [0.4, 0.5) is 10.5 Å². The van der Waals surface area contributed by atoms with Crippen molar-refractivity contribution in [2.45, 2.75) is 6.42 Å². The third kappa shape index (κ3) is 2.42. The molecule has 0 unspecified atom stereocenters. The van der Waals surface area contributed by atoms with Gasteiger partial charge in [-0.3, -0.25) is 14.9 Å². The summed E-state index contributed by atoms with van der Waals surface area (Å²) in [5.74, 6) is -1.18. The number of hydrogen-bond donors (Lipinski definition) is 1. The van der Waals surface area contributed by atoms with Gasteiger partial charge in [0.15, 0.2) is 0 Å². The van der Waals surface area contributed by atoms with Crippen molar-refractivity contribution in [1.82, 2.24) is 5.32 Å². The van der Waals surface area contributed by atoms with Gasteiger partial charge in [-0.05, 0) is 40.8 Å². The molecule has 1 heterocycles. The maximum Gasteiger partial charge on any atom is 0.335 e. The number of hydrogen-bond acceptors (Lipinski definition) is 3. The summed E-state index contributed by atoms with van der Waals surface area (Å²) in [6.45, 7) is 0. The second-order valence-electron chi connectivity index (χ2n) is 3.35. The summed E-state index contributed by atoms with van der Waals surface area (Å²) < 4.78 is 0.833. The second-order valence-corrected chi connectivity index (χ2v) is 5.01.